The predicted octanol–water partition coefficient (Wildman–Crippen LogP) is 0.742. The Kier molecular flexibility index (Phi) is 3.54. The van der Waals surface area contributed by atoms with E-state index < -0.39 is 11.4 Å². The number of hydrogen-bond donors (Lipinski definition) is 1. The molecule has 0 bridgehead atoms. The van der Waals surface area contributed by atoms with Gasteiger partial charge >= 0.3 is 0 Å². The van der Waals surface area contributed by atoms with Gasteiger partial charge in [0.05, 0.1) is 5.52 Å². The third kappa shape index (κ3) is 2.22. The van der Waals surface area contributed by atoms with Crippen LogP contribution >= 0.6 is 0 Å². The predicted molar refractivity (Wildman–Crippen MR) is 81.3 cm³/mol. The van der Waals surface area contributed by atoms with Crippen LogP contribution in [-0.2, 0) is 7.05 Å². The van der Waals surface area contributed by atoms with Gasteiger partial charge in [-0.1, -0.05) is 0 Å². The van der Waals surface area contributed by atoms with Gasteiger partial charge in [0, 0.05) is 32.7 Å². The van der Waals surface area contributed by atoms with Crippen LogP contribution in [0.3, 0.4) is 0 Å². The molecule has 0 amide bonds. The maximum atomic E-state index is 14.6. The maximum absolute atomic E-state index is 14.6. The third-order valence-electron chi connectivity index (χ3n) is 3.96. The number of rotatable bonds is 1. The van der Waals surface area contributed by atoms with E-state index >= 15 is 0 Å². The SMILES string of the molecule is CC1CN(c2c(F)c(=O)n(C)c3ccc(C#N)nc23)CCN1. The number of nitrogens with zero attached hydrogens (tertiary/aromatic N) is 4. The van der Waals surface area contributed by atoms with E-state index in [4.69, 9.17) is 5.26 Å². The van der Waals surface area contributed by atoms with Crippen LogP contribution in [0.4, 0.5) is 10.1 Å². The largest absolute Gasteiger partial charge is 0.364 e. The molecule has 1 atom stereocenters. The first-order valence-corrected chi connectivity index (χ1v) is 7.10. The van der Waals surface area contributed by atoms with E-state index in [1.54, 1.807) is 6.07 Å². The molecule has 22 heavy (non-hydrogen) atoms. The van der Waals surface area contributed by atoms with Crippen molar-refractivity contribution in [1.29, 1.82) is 5.26 Å². The lowest BCUT2D eigenvalue weighted by Gasteiger charge is -2.34. The van der Waals surface area contributed by atoms with Gasteiger partial charge in [0.25, 0.3) is 5.56 Å². The zero-order chi connectivity index (χ0) is 15.9. The van der Waals surface area contributed by atoms with Crippen LogP contribution in [-0.4, -0.2) is 35.2 Å². The molecule has 3 rings (SSSR count). The molecule has 0 saturated carbocycles. The zero-order valence-corrected chi connectivity index (χ0v) is 12.4. The van der Waals surface area contributed by atoms with Crippen LogP contribution in [0.5, 0.6) is 0 Å². The molecule has 6 nitrogen and oxygen atoms in total. The van der Waals surface area contributed by atoms with E-state index in [0.29, 0.717) is 30.7 Å². The van der Waals surface area contributed by atoms with Gasteiger partial charge in [0.1, 0.15) is 23.0 Å². The Bertz CT molecular complexity index is 838. The fraction of sp³-hybridized carbons (Fsp3) is 0.400. The second-order valence-electron chi connectivity index (χ2n) is 5.50. The normalized spacial score (nSPS) is 18.5. The van der Waals surface area contributed by atoms with Crippen molar-refractivity contribution in [3.63, 3.8) is 0 Å². The van der Waals surface area contributed by atoms with Crippen molar-refractivity contribution in [3.05, 3.63) is 34.0 Å². The minimum Gasteiger partial charge on any atom is -0.364 e. The zero-order valence-electron chi connectivity index (χ0n) is 12.4. The van der Waals surface area contributed by atoms with Crippen molar-refractivity contribution in [1.82, 2.24) is 14.9 Å². The highest BCUT2D eigenvalue weighted by Crippen LogP contribution is 2.27. The maximum Gasteiger partial charge on any atom is 0.289 e. The topological polar surface area (TPSA) is 74.0 Å². The Morgan fingerprint density at radius 2 is 2.27 bits per heavy atom. The average Bonchev–Trinajstić information content (AvgIpc) is 2.52. The fourth-order valence-corrected chi connectivity index (χ4v) is 2.84. The average molecular weight is 301 g/mol. The van der Waals surface area contributed by atoms with E-state index in [0.717, 1.165) is 0 Å². The Balaban J connectivity index is 2.31. The summed E-state index contributed by atoms with van der Waals surface area (Å²) in [4.78, 5) is 18.2. The van der Waals surface area contributed by atoms with E-state index in [1.807, 2.05) is 17.9 Å². The minimum atomic E-state index is -0.813. The molecule has 0 radical (unpaired) electrons. The lowest BCUT2D eigenvalue weighted by molar-refractivity contribution is 0.477. The first-order valence-electron chi connectivity index (χ1n) is 7.10. The summed E-state index contributed by atoms with van der Waals surface area (Å²) in [6, 6.07) is 5.31. The molecule has 7 heteroatoms. The Labute approximate surface area is 126 Å². The van der Waals surface area contributed by atoms with Gasteiger partial charge in [-0.2, -0.15) is 9.65 Å². The first kappa shape index (κ1) is 14.5. The van der Waals surface area contributed by atoms with Crippen LogP contribution in [0.15, 0.2) is 16.9 Å². The smallest absolute Gasteiger partial charge is 0.289 e. The standard InChI is InChI=1S/C15H16FN5O/c1-9-8-21(6-5-18-9)14-12(16)15(22)20(2)11-4-3-10(7-17)19-13(11)14/h3-4,9,18H,5-6,8H2,1-2H3. The summed E-state index contributed by atoms with van der Waals surface area (Å²) < 4.78 is 15.9. The number of aryl methyl sites for hydroxylation is 1. The third-order valence-corrected chi connectivity index (χ3v) is 3.96. The van der Waals surface area contributed by atoms with E-state index in [9.17, 15) is 9.18 Å². The van der Waals surface area contributed by atoms with Gasteiger partial charge in [-0.25, -0.2) is 4.98 Å². The molecule has 0 spiro atoms. The first-order chi connectivity index (χ1) is 10.5. The number of pyridine rings is 2. The van der Waals surface area contributed by atoms with Crippen LogP contribution in [0.1, 0.15) is 12.6 Å². The molecule has 2 aromatic rings. The summed E-state index contributed by atoms with van der Waals surface area (Å²) in [5.41, 5.74) is 0.595. The molecule has 0 aliphatic carbocycles. The second kappa shape index (κ2) is 5.39. The Morgan fingerprint density at radius 1 is 1.50 bits per heavy atom. The lowest BCUT2D eigenvalue weighted by Crippen LogP contribution is -2.50. The van der Waals surface area contributed by atoms with Gasteiger partial charge in [0.15, 0.2) is 0 Å². The van der Waals surface area contributed by atoms with Gasteiger partial charge in [-0.05, 0) is 19.1 Å². The summed E-state index contributed by atoms with van der Waals surface area (Å²) in [5, 5.41) is 12.3. The molecule has 1 saturated heterocycles. The quantitative estimate of drug-likeness (QED) is 0.841. The van der Waals surface area contributed by atoms with Gasteiger partial charge in [-0.3, -0.25) is 4.79 Å². The summed E-state index contributed by atoms with van der Waals surface area (Å²) in [6.07, 6.45) is 0. The van der Waals surface area contributed by atoms with Gasteiger partial charge in [-0.15, -0.1) is 0 Å². The van der Waals surface area contributed by atoms with Crippen molar-refractivity contribution >= 4 is 16.7 Å². The van der Waals surface area contributed by atoms with Gasteiger partial charge < -0.3 is 14.8 Å². The van der Waals surface area contributed by atoms with E-state index in [2.05, 4.69) is 10.3 Å². The molecule has 3 heterocycles. The summed E-state index contributed by atoms with van der Waals surface area (Å²) in [6.45, 7) is 3.87. The van der Waals surface area contributed by atoms with Crippen molar-refractivity contribution in [2.24, 2.45) is 7.05 Å². The van der Waals surface area contributed by atoms with Gasteiger partial charge in [0.2, 0.25) is 5.82 Å². The molecule has 0 aromatic carbocycles. The van der Waals surface area contributed by atoms with Crippen molar-refractivity contribution in [2.75, 3.05) is 24.5 Å². The molecule has 1 aliphatic heterocycles. The lowest BCUT2D eigenvalue weighted by atomic mass is 10.1. The summed E-state index contributed by atoms with van der Waals surface area (Å²) in [7, 11) is 1.51. The number of nitriles is 1. The van der Waals surface area contributed by atoms with Crippen molar-refractivity contribution < 1.29 is 4.39 Å². The highest BCUT2D eigenvalue weighted by molar-refractivity contribution is 5.89. The molecule has 114 valence electrons. The van der Waals surface area contributed by atoms with Crippen molar-refractivity contribution in [2.45, 2.75) is 13.0 Å². The number of nitrogens with one attached hydrogen (secondary N) is 1. The van der Waals surface area contributed by atoms with E-state index in [1.165, 1.54) is 17.7 Å². The van der Waals surface area contributed by atoms with Crippen LogP contribution in [0.25, 0.3) is 11.0 Å². The van der Waals surface area contributed by atoms with Crippen LogP contribution in [0.2, 0.25) is 0 Å². The molecule has 1 unspecified atom stereocenters. The molecular formula is C15H16FN5O. The summed E-state index contributed by atoms with van der Waals surface area (Å²) in [5.74, 6) is -0.813. The fourth-order valence-electron chi connectivity index (χ4n) is 2.84. The Morgan fingerprint density at radius 3 is 2.95 bits per heavy atom. The second-order valence-corrected chi connectivity index (χ2v) is 5.50. The number of halogens is 1. The number of hydrogen-bond acceptors (Lipinski definition) is 5. The highest BCUT2D eigenvalue weighted by atomic mass is 19.1. The minimum absolute atomic E-state index is 0.186. The monoisotopic (exact) mass is 301 g/mol. The number of aromatic nitrogens is 2. The molecular weight excluding hydrogens is 285 g/mol. The molecule has 2 aromatic heterocycles. The highest BCUT2D eigenvalue weighted by Gasteiger charge is 2.25. The van der Waals surface area contributed by atoms with Crippen LogP contribution in [0, 0.1) is 17.1 Å². The molecule has 1 fully saturated rings. The van der Waals surface area contributed by atoms with E-state index in [-0.39, 0.29) is 17.4 Å². The molecule has 1 aliphatic rings. The number of piperazine rings is 1. The summed E-state index contributed by atoms with van der Waals surface area (Å²) >= 11 is 0. The number of anilines is 1. The Hall–Kier alpha value is -2.46. The molecule has 1 N–H and O–H groups in total. The van der Waals surface area contributed by atoms with Crippen LogP contribution < -0.4 is 15.8 Å². The number of fused-ring (bicyclic) bond motifs is 1. The van der Waals surface area contributed by atoms with Crippen molar-refractivity contribution in [3.8, 4) is 6.07 Å².